The van der Waals surface area contributed by atoms with Gasteiger partial charge in [-0.15, -0.1) is 0 Å². The first kappa shape index (κ1) is 20.8. The van der Waals surface area contributed by atoms with Crippen LogP contribution in [0.3, 0.4) is 0 Å². The molecule has 0 aliphatic rings. The van der Waals surface area contributed by atoms with E-state index < -0.39 is 10.5 Å². The maximum absolute atomic E-state index is 11.9. The fraction of sp³-hybridized carbons (Fsp3) is 0.217. The third-order valence-electron chi connectivity index (χ3n) is 5.18. The van der Waals surface area contributed by atoms with Gasteiger partial charge in [0.15, 0.2) is 0 Å². The minimum Gasteiger partial charge on any atom is -0.372 e. The van der Waals surface area contributed by atoms with Gasteiger partial charge in [0.2, 0.25) is 0 Å². The van der Waals surface area contributed by atoms with E-state index in [1.54, 1.807) is 25.1 Å². The van der Waals surface area contributed by atoms with Gasteiger partial charge >= 0.3 is 5.69 Å². The highest BCUT2D eigenvalue weighted by molar-refractivity contribution is 6.33. The van der Waals surface area contributed by atoms with Crippen molar-refractivity contribution in [3.8, 4) is 0 Å². The van der Waals surface area contributed by atoms with E-state index in [1.807, 2.05) is 80.8 Å². The number of nitro groups is 1. The smallest absolute Gasteiger partial charge is 0.311 e. The quantitative estimate of drug-likeness (QED) is 0.320. The van der Waals surface area contributed by atoms with Crippen molar-refractivity contribution in [2.75, 3.05) is 33.1 Å². The van der Waals surface area contributed by atoms with E-state index >= 15 is 0 Å². The predicted octanol–water partition coefficient (Wildman–Crippen LogP) is 5.17. The molecular formula is C23H24ClN3O2. The molecule has 0 heterocycles. The van der Waals surface area contributed by atoms with Gasteiger partial charge in [0.25, 0.3) is 0 Å². The van der Waals surface area contributed by atoms with Crippen LogP contribution in [0.2, 0.25) is 5.02 Å². The van der Waals surface area contributed by atoms with Gasteiger partial charge in [0.05, 0.1) is 10.5 Å². The van der Waals surface area contributed by atoms with Crippen LogP contribution in [0.15, 0.2) is 72.8 Å². The molecule has 0 bridgehead atoms. The molecule has 3 aromatic carbocycles. The van der Waals surface area contributed by atoms with Crippen molar-refractivity contribution in [3.05, 3.63) is 105 Å². The molecule has 3 rings (SSSR count). The summed E-state index contributed by atoms with van der Waals surface area (Å²) in [7, 11) is 7.58. The third-order valence-corrected chi connectivity index (χ3v) is 5.48. The molecule has 150 valence electrons. The molecule has 0 spiro atoms. The molecule has 0 N–H and O–H groups in total. The zero-order chi connectivity index (χ0) is 21.2. The van der Waals surface area contributed by atoms with Crippen LogP contribution in [0, 0.1) is 10.1 Å². The molecule has 5 nitrogen and oxygen atoms in total. The summed E-state index contributed by atoms with van der Waals surface area (Å²) in [4.78, 5) is 15.4. The summed E-state index contributed by atoms with van der Waals surface area (Å²) in [5.74, 6) is 0. The first-order valence-corrected chi connectivity index (χ1v) is 9.62. The maximum Gasteiger partial charge on any atom is 0.311 e. The summed E-state index contributed by atoms with van der Waals surface area (Å²) in [6, 6.07) is 23.6. The molecule has 29 heavy (non-hydrogen) atoms. The van der Waals surface area contributed by atoms with Crippen LogP contribution < -0.4 is 4.90 Å². The number of halogens is 1. The van der Waals surface area contributed by atoms with E-state index in [-0.39, 0.29) is 10.7 Å². The fourth-order valence-corrected chi connectivity index (χ4v) is 4.29. The average molecular weight is 410 g/mol. The van der Waals surface area contributed by atoms with Gasteiger partial charge in [-0.1, -0.05) is 78.3 Å². The van der Waals surface area contributed by atoms with Gasteiger partial charge < -0.3 is 4.90 Å². The van der Waals surface area contributed by atoms with Crippen LogP contribution >= 0.6 is 11.6 Å². The van der Waals surface area contributed by atoms with Crippen LogP contribution in [-0.2, 0) is 5.54 Å². The number of anilines is 1. The molecule has 3 aromatic rings. The van der Waals surface area contributed by atoms with Crippen LogP contribution in [0.5, 0.6) is 0 Å². The molecule has 0 aliphatic heterocycles. The molecule has 0 saturated carbocycles. The lowest BCUT2D eigenvalue weighted by molar-refractivity contribution is -0.384. The lowest BCUT2D eigenvalue weighted by atomic mass is 9.75. The van der Waals surface area contributed by atoms with Crippen molar-refractivity contribution in [1.29, 1.82) is 0 Å². The lowest BCUT2D eigenvalue weighted by Crippen LogP contribution is -2.44. The van der Waals surface area contributed by atoms with Gasteiger partial charge in [-0.3, -0.25) is 15.0 Å². The highest BCUT2D eigenvalue weighted by Crippen LogP contribution is 2.49. The molecular weight excluding hydrogens is 386 g/mol. The Morgan fingerprint density at radius 3 is 1.69 bits per heavy atom. The summed E-state index contributed by atoms with van der Waals surface area (Å²) in [5, 5.41) is 12.1. The Bertz CT molecular complexity index is 966. The van der Waals surface area contributed by atoms with Crippen molar-refractivity contribution in [1.82, 2.24) is 4.90 Å². The van der Waals surface area contributed by atoms with Gasteiger partial charge in [-0.25, -0.2) is 0 Å². The molecule has 0 atom stereocenters. The maximum atomic E-state index is 11.9. The number of nitro benzene ring substituents is 1. The Morgan fingerprint density at radius 2 is 1.31 bits per heavy atom. The number of hydrogen-bond acceptors (Lipinski definition) is 4. The minimum absolute atomic E-state index is 0.0905. The molecule has 0 amide bonds. The largest absolute Gasteiger partial charge is 0.372 e. The zero-order valence-corrected chi connectivity index (χ0v) is 17.7. The van der Waals surface area contributed by atoms with Crippen LogP contribution in [0.1, 0.15) is 16.7 Å². The first-order valence-electron chi connectivity index (χ1n) is 9.25. The predicted molar refractivity (Wildman–Crippen MR) is 119 cm³/mol. The molecule has 0 unspecified atom stereocenters. The standard InChI is InChI=1S/C23H24ClN3O2/c1-25(2)21-19(15-16-20(24)22(21)27(28)29)23(26(3)4,17-11-7-5-8-12-17)18-13-9-6-10-14-18/h5-16H,1-4H3. The van der Waals surface area contributed by atoms with E-state index in [1.165, 1.54) is 0 Å². The van der Waals surface area contributed by atoms with E-state index in [0.717, 1.165) is 16.7 Å². The number of nitrogens with zero attached hydrogens (tertiary/aromatic N) is 3. The second-order valence-corrected chi connectivity index (χ2v) is 7.69. The van der Waals surface area contributed by atoms with Crippen LogP contribution in [0.4, 0.5) is 11.4 Å². The topological polar surface area (TPSA) is 49.6 Å². The van der Waals surface area contributed by atoms with Crippen molar-refractivity contribution < 1.29 is 4.92 Å². The fourth-order valence-electron chi connectivity index (χ4n) is 4.07. The Labute approximate surface area is 176 Å². The summed E-state index contributed by atoms with van der Waals surface area (Å²) in [6.45, 7) is 0. The Hall–Kier alpha value is -2.89. The van der Waals surface area contributed by atoms with E-state index in [9.17, 15) is 10.1 Å². The van der Waals surface area contributed by atoms with Gasteiger partial charge in [0.1, 0.15) is 10.7 Å². The monoisotopic (exact) mass is 409 g/mol. The summed E-state index contributed by atoms with van der Waals surface area (Å²) >= 11 is 6.28. The van der Waals surface area contributed by atoms with Crippen molar-refractivity contribution >= 4 is 23.0 Å². The first-order chi connectivity index (χ1) is 13.8. The molecule has 0 saturated heterocycles. The van der Waals surface area contributed by atoms with Gasteiger partial charge in [-0.05, 0) is 31.3 Å². The van der Waals surface area contributed by atoms with Crippen molar-refractivity contribution in [2.45, 2.75) is 5.54 Å². The minimum atomic E-state index is -0.753. The molecule has 0 aliphatic carbocycles. The Balaban J connectivity index is 2.53. The molecule has 0 fully saturated rings. The summed E-state index contributed by atoms with van der Waals surface area (Å²) in [6.07, 6.45) is 0. The average Bonchev–Trinajstić information content (AvgIpc) is 2.70. The highest BCUT2D eigenvalue weighted by Gasteiger charge is 2.43. The van der Waals surface area contributed by atoms with Gasteiger partial charge in [0, 0.05) is 19.7 Å². The molecule has 0 aromatic heterocycles. The molecule has 0 radical (unpaired) electrons. The Morgan fingerprint density at radius 1 is 0.828 bits per heavy atom. The summed E-state index contributed by atoms with van der Waals surface area (Å²) in [5.41, 5.74) is 2.46. The number of benzene rings is 3. The van der Waals surface area contributed by atoms with Crippen molar-refractivity contribution in [2.24, 2.45) is 0 Å². The highest BCUT2D eigenvalue weighted by atomic mass is 35.5. The second-order valence-electron chi connectivity index (χ2n) is 7.28. The van der Waals surface area contributed by atoms with Crippen LogP contribution in [0.25, 0.3) is 0 Å². The molecule has 6 heteroatoms. The van der Waals surface area contributed by atoms with E-state index in [0.29, 0.717) is 5.69 Å². The zero-order valence-electron chi connectivity index (χ0n) is 17.0. The number of rotatable bonds is 6. The third kappa shape index (κ3) is 3.48. The lowest BCUT2D eigenvalue weighted by Gasteiger charge is -2.43. The van der Waals surface area contributed by atoms with Crippen LogP contribution in [-0.4, -0.2) is 38.0 Å². The Kier molecular flexibility index (Phi) is 5.91. The second kappa shape index (κ2) is 8.23. The van der Waals surface area contributed by atoms with E-state index in [2.05, 4.69) is 4.90 Å². The van der Waals surface area contributed by atoms with E-state index in [4.69, 9.17) is 11.6 Å². The van der Waals surface area contributed by atoms with Crippen molar-refractivity contribution in [3.63, 3.8) is 0 Å². The summed E-state index contributed by atoms with van der Waals surface area (Å²) < 4.78 is 0. The van der Waals surface area contributed by atoms with Gasteiger partial charge in [-0.2, -0.15) is 0 Å². The normalized spacial score (nSPS) is 11.5. The SMILES string of the molecule is CN(C)c1c(C(c2ccccc2)(c2ccccc2)N(C)C)ccc(Cl)c1[N+](=O)[O-]. The number of hydrogen-bond donors (Lipinski definition) is 0.